The number of rotatable bonds is 4. The molecule has 0 aliphatic heterocycles. The molecular weight excluding hydrogens is 266 g/mol. The van der Waals surface area contributed by atoms with E-state index >= 15 is 0 Å². The summed E-state index contributed by atoms with van der Waals surface area (Å²) in [6.07, 6.45) is 0. The standard InChI is InChI=1S/C12H11N3O5/c1-7-4-3-5-9(15(17)18)11(7)12(16)19-6-10-14-13-8(2)20-10/h3-5H,6H2,1-2H3. The monoisotopic (exact) mass is 277 g/mol. The minimum Gasteiger partial charge on any atom is -0.452 e. The molecule has 2 rings (SSSR count). The predicted octanol–water partition coefficient (Wildman–Crippen LogP) is 1.95. The minimum atomic E-state index is -0.800. The largest absolute Gasteiger partial charge is 0.452 e. The summed E-state index contributed by atoms with van der Waals surface area (Å²) in [5, 5.41) is 18.2. The molecule has 8 heteroatoms. The zero-order chi connectivity index (χ0) is 14.7. The Labute approximate surface area is 113 Å². The molecule has 0 bridgehead atoms. The van der Waals surface area contributed by atoms with E-state index < -0.39 is 10.9 Å². The number of esters is 1. The molecule has 2 aromatic rings. The number of nitro benzene ring substituents is 1. The molecule has 0 unspecified atom stereocenters. The van der Waals surface area contributed by atoms with Gasteiger partial charge < -0.3 is 9.15 Å². The van der Waals surface area contributed by atoms with Crippen molar-refractivity contribution < 1.29 is 18.9 Å². The zero-order valence-corrected chi connectivity index (χ0v) is 10.8. The van der Waals surface area contributed by atoms with Gasteiger partial charge in [0.05, 0.1) is 4.92 Å². The van der Waals surface area contributed by atoms with Crippen molar-refractivity contribution in [1.82, 2.24) is 10.2 Å². The highest BCUT2D eigenvalue weighted by molar-refractivity contribution is 5.95. The lowest BCUT2D eigenvalue weighted by Crippen LogP contribution is -2.10. The maximum atomic E-state index is 12.0. The van der Waals surface area contributed by atoms with E-state index in [1.807, 2.05) is 0 Å². The second-order valence-electron chi connectivity index (χ2n) is 4.02. The zero-order valence-electron chi connectivity index (χ0n) is 10.8. The third-order valence-electron chi connectivity index (χ3n) is 2.55. The number of hydrogen-bond acceptors (Lipinski definition) is 7. The topological polar surface area (TPSA) is 108 Å². The Bertz CT molecular complexity index is 665. The summed E-state index contributed by atoms with van der Waals surface area (Å²) in [5.74, 6) is -0.323. The highest BCUT2D eigenvalue weighted by Crippen LogP contribution is 2.23. The fraction of sp³-hybridized carbons (Fsp3) is 0.250. The van der Waals surface area contributed by atoms with Gasteiger partial charge in [-0.15, -0.1) is 10.2 Å². The predicted molar refractivity (Wildman–Crippen MR) is 66.0 cm³/mol. The molecule has 0 N–H and O–H groups in total. The summed E-state index contributed by atoms with van der Waals surface area (Å²) in [7, 11) is 0. The van der Waals surface area contributed by atoms with E-state index in [-0.39, 0.29) is 23.7 Å². The highest BCUT2D eigenvalue weighted by atomic mass is 16.6. The molecule has 0 aliphatic rings. The van der Waals surface area contributed by atoms with Gasteiger partial charge in [0.25, 0.3) is 11.6 Å². The van der Waals surface area contributed by atoms with Crippen LogP contribution < -0.4 is 0 Å². The number of carbonyl (C=O) groups excluding carboxylic acids is 1. The Balaban J connectivity index is 2.19. The average molecular weight is 277 g/mol. The van der Waals surface area contributed by atoms with Crippen molar-refractivity contribution in [2.75, 3.05) is 0 Å². The van der Waals surface area contributed by atoms with Crippen molar-refractivity contribution in [3.63, 3.8) is 0 Å². The van der Waals surface area contributed by atoms with Crippen molar-refractivity contribution in [1.29, 1.82) is 0 Å². The molecule has 104 valence electrons. The van der Waals surface area contributed by atoms with Crippen LogP contribution in [0.1, 0.15) is 27.7 Å². The van der Waals surface area contributed by atoms with E-state index in [2.05, 4.69) is 10.2 Å². The van der Waals surface area contributed by atoms with Crippen LogP contribution in [0.15, 0.2) is 22.6 Å². The van der Waals surface area contributed by atoms with E-state index in [1.54, 1.807) is 19.9 Å². The number of aryl methyl sites for hydroxylation is 2. The van der Waals surface area contributed by atoms with Crippen LogP contribution in [0.25, 0.3) is 0 Å². The van der Waals surface area contributed by atoms with Crippen molar-refractivity contribution in [2.24, 2.45) is 0 Å². The Morgan fingerprint density at radius 1 is 1.40 bits per heavy atom. The molecule has 1 heterocycles. The van der Waals surface area contributed by atoms with Gasteiger partial charge in [-0.05, 0) is 12.5 Å². The van der Waals surface area contributed by atoms with Gasteiger partial charge in [-0.2, -0.15) is 0 Å². The molecule has 0 radical (unpaired) electrons. The van der Waals surface area contributed by atoms with E-state index in [1.165, 1.54) is 12.1 Å². The number of nitrogens with zero attached hydrogens (tertiary/aromatic N) is 3. The minimum absolute atomic E-state index is 0.0752. The summed E-state index contributed by atoms with van der Waals surface area (Å²) in [6, 6.07) is 4.35. The second-order valence-corrected chi connectivity index (χ2v) is 4.02. The van der Waals surface area contributed by atoms with Crippen molar-refractivity contribution in [3.05, 3.63) is 51.2 Å². The molecule has 0 saturated carbocycles. The summed E-state index contributed by atoms with van der Waals surface area (Å²) in [6.45, 7) is 2.97. The molecule has 0 saturated heterocycles. The van der Waals surface area contributed by atoms with Crippen LogP contribution in [0, 0.1) is 24.0 Å². The van der Waals surface area contributed by atoms with Crippen LogP contribution >= 0.6 is 0 Å². The summed E-state index contributed by atoms with van der Waals surface area (Å²) < 4.78 is 10.0. The van der Waals surface area contributed by atoms with Crippen LogP contribution in [0.4, 0.5) is 5.69 Å². The lowest BCUT2D eigenvalue weighted by Gasteiger charge is -2.05. The quantitative estimate of drug-likeness (QED) is 0.477. The highest BCUT2D eigenvalue weighted by Gasteiger charge is 2.23. The first kappa shape index (κ1) is 13.7. The Morgan fingerprint density at radius 3 is 2.75 bits per heavy atom. The maximum Gasteiger partial charge on any atom is 0.345 e. The number of carbonyl (C=O) groups is 1. The summed E-state index contributed by atoms with van der Waals surface area (Å²) >= 11 is 0. The van der Waals surface area contributed by atoms with Crippen LogP contribution in [0.5, 0.6) is 0 Å². The molecular formula is C12H11N3O5. The van der Waals surface area contributed by atoms with Crippen molar-refractivity contribution in [3.8, 4) is 0 Å². The second kappa shape index (κ2) is 5.47. The Hall–Kier alpha value is -2.77. The van der Waals surface area contributed by atoms with Crippen LogP contribution in [-0.4, -0.2) is 21.1 Å². The molecule has 0 fully saturated rings. The summed E-state index contributed by atoms with van der Waals surface area (Å²) in [4.78, 5) is 22.2. The molecule has 0 amide bonds. The summed E-state index contributed by atoms with van der Waals surface area (Å²) in [5.41, 5.74) is 0.0938. The van der Waals surface area contributed by atoms with E-state index in [4.69, 9.17) is 9.15 Å². The molecule has 0 aliphatic carbocycles. The lowest BCUT2D eigenvalue weighted by molar-refractivity contribution is -0.385. The molecule has 20 heavy (non-hydrogen) atoms. The van der Waals surface area contributed by atoms with Crippen LogP contribution in [-0.2, 0) is 11.3 Å². The van der Waals surface area contributed by atoms with E-state index in [0.29, 0.717) is 11.5 Å². The Kier molecular flexibility index (Phi) is 3.74. The van der Waals surface area contributed by atoms with Gasteiger partial charge in [0.15, 0.2) is 6.61 Å². The van der Waals surface area contributed by atoms with Gasteiger partial charge in [-0.3, -0.25) is 10.1 Å². The number of nitro groups is 1. The molecule has 0 spiro atoms. The molecule has 0 atom stereocenters. The molecule has 8 nitrogen and oxygen atoms in total. The van der Waals surface area contributed by atoms with Gasteiger partial charge in [0.1, 0.15) is 5.56 Å². The van der Waals surface area contributed by atoms with E-state index in [9.17, 15) is 14.9 Å². The Morgan fingerprint density at radius 2 is 2.15 bits per heavy atom. The fourth-order valence-corrected chi connectivity index (χ4v) is 1.67. The van der Waals surface area contributed by atoms with Gasteiger partial charge in [0.2, 0.25) is 5.89 Å². The third kappa shape index (κ3) is 2.79. The van der Waals surface area contributed by atoms with Gasteiger partial charge >= 0.3 is 5.97 Å². The van der Waals surface area contributed by atoms with E-state index in [0.717, 1.165) is 0 Å². The normalized spacial score (nSPS) is 10.3. The first-order chi connectivity index (χ1) is 9.49. The SMILES string of the molecule is Cc1nnc(COC(=O)c2c(C)cccc2[N+](=O)[O-])o1. The smallest absolute Gasteiger partial charge is 0.345 e. The third-order valence-corrected chi connectivity index (χ3v) is 2.55. The van der Waals surface area contributed by atoms with Crippen molar-refractivity contribution in [2.45, 2.75) is 20.5 Å². The lowest BCUT2D eigenvalue weighted by atomic mass is 10.1. The number of ether oxygens (including phenoxy) is 1. The first-order valence-electron chi connectivity index (χ1n) is 5.69. The fourth-order valence-electron chi connectivity index (χ4n) is 1.67. The average Bonchev–Trinajstić information content (AvgIpc) is 2.81. The maximum absolute atomic E-state index is 12.0. The van der Waals surface area contributed by atoms with Crippen molar-refractivity contribution >= 4 is 11.7 Å². The molecule has 1 aromatic heterocycles. The number of benzene rings is 1. The molecule has 1 aromatic carbocycles. The number of aromatic nitrogens is 2. The van der Waals surface area contributed by atoms with Gasteiger partial charge in [0, 0.05) is 13.0 Å². The first-order valence-corrected chi connectivity index (χ1v) is 5.69. The number of hydrogen-bond donors (Lipinski definition) is 0. The van der Waals surface area contributed by atoms with Crippen LogP contribution in [0.2, 0.25) is 0 Å². The van der Waals surface area contributed by atoms with Crippen LogP contribution in [0.3, 0.4) is 0 Å². The van der Waals surface area contributed by atoms with Gasteiger partial charge in [-0.1, -0.05) is 12.1 Å². The van der Waals surface area contributed by atoms with Gasteiger partial charge in [-0.25, -0.2) is 4.79 Å².